The van der Waals surface area contributed by atoms with Crippen molar-refractivity contribution in [3.8, 4) is 27.8 Å². The molecular formula is C21H21NO5S. The molecule has 6 nitrogen and oxygen atoms in total. The molecular weight excluding hydrogens is 378 g/mol. The zero-order valence-electron chi connectivity index (χ0n) is 15.7. The predicted molar refractivity (Wildman–Crippen MR) is 107 cm³/mol. The van der Waals surface area contributed by atoms with Crippen LogP contribution in [0.2, 0.25) is 0 Å². The second kappa shape index (κ2) is 9.75. The van der Waals surface area contributed by atoms with E-state index in [1.54, 1.807) is 31.4 Å². The van der Waals surface area contributed by atoms with Gasteiger partial charge in [-0.05, 0) is 43.3 Å². The zero-order valence-corrected chi connectivity index (χ0v) is 16.5. The Balaban J connectivity index is 1.47. The average molecular weight is 399 g/mol. The Morgan fingerprint density at radius 1 is 1.04 bits per heavy atom. The lowest BCUT2D eigenvalue weighted by atomic mass is 10.2. The van der Waals surface area contributed by atoms with Crippen molar-refractivity contribution in [2.45, 2.75) is 13.5 Å². The maximum Gasteiger partial charge on any atom is 0.344 e. The van der Waals surface area contributed by atoms with Gasteiger partial charge in [-0.25, -0.2) is 9.78 Å². The molecule has 28 heavy (non-hydrogen) atoms. The van der Waals surface area contributed by atoms with Crippen molar-refractivity contribution in [1.82, 2.24) is 4.98 Å². The van der Waals surface area contributed by atoms with Crippen LogP contribution in [0.3, 0.4) is 0 Å². The minimum Gasteiger partial charge on any atom is -0.497 e. The molecule has 0 fully saturated rings. The van der Waals surface area contributed by atoms with Crippen LogP contribution in [0.25, 0.3) is 10.6 Å². The van der Waals surface area contributed by atoms with Crippen LogP contribution in [0.5, 0.6) is 17.2 Å². The molecule has 0 radical (unpaired) electrons. The highest BCUT2D eigenvalue weighted by Crippen LogP contribution is 2.27. The highest BCUT2D eigenvalue weighted by molar-refractivity contribution is 7.13. The van der Waals surface area contributed by atoms with Crippen molar-refractivity contribution in [1.29, 1.82) is 0 Å². The Kier molecular flexibility index (Phi) is 6.86. The molecule has 7 heteroatoms. The van der Waals surface area contributed by atoms with E-state index in [2.05, 4.69) is 4.98 Å². The van der Waals surface area contributed by atoms with E-state index in [0.29, 0.717) is 18.1 Å². The van der Waals surface area contributed by atoms with Gasteiger partial charge in [-0.1, -0.05) is 12.1 Å². The number of thiazole rings is 1. The summed E-state index contributed by atoms with van der Waals surface area (Å²) in [5.41, 5.74) is 1.65. The van der Waals surface area contributed by atoms with Gasteiger partial charge in [0, 0.05) is 10.9 Å². The van der Waals surface area contributed by atoms with E-state index in [-0.39, 0.29) is 13.2 Å². The number of carbonyl (C=O) groups excluding carboxylic acids is 1. The number of carbonyl (C=O) groups is 1. The molecule has 0 spiro atoms. The Morgan fingerprint density at radius 2 is 1.79 bits per heavy atom. The van der Waals surface area contributed by atoms with Crippen LogP contribution in [0, 0.1) is 0 Å². The first-order valence-corrected chi connectivity index (χ1v) is 9.66. The van der Waals surface area contributed by atoms with Crippen LogP contribution in [-0.2, 0) is 16.1 Å². The van der Waals surface area contributed by atoms with Gasteiger partial charge >= 0.3 is 5.97 Å². The number of benzene rings is 2. The summed E-state index contributed by atoms with van der Waals surface area (Å²) in [5, 5.41) is 2.71. The molecule has 0 unspecified atom stereocenters. The fourth-order valence-electron chi connectivity index (χ4n) is 2.40. The van der Waals surface area contributed by atoms with Crippen LogP contribution in [0.15, 0.2) is 53.9 Å². The molecule has 3 aromatic rings. The highest BCUT2D eigenvalue weighted by atomic mass is 32.1. The Labute approximate surface area is 167 Å². The van der Waals surface area contributed by atoms with Gasteiger partial charge < -0.3 is 18.9 Å². The second-order valence-corrected chi connectivity index (χ2v) is 6.59. The second-order valence-electron chi connectivity index (χ2n) is 5.73. The number of nitrogens with zero attached hydrogens (tertiary/aromatic N) is 1. The van der Waals surface area contributed by atoms with E-state index in [1.165, 1.54) is 11.3 Å². The van der Waals surface area contributed by atoms with Crippen molar-refractivity contribution in [2.24, 2.45) is 0 Å². The number of methoxy groups -OCH3 is 1. The molecule has 0 aliphatic carbocycles. The molecule has 0 aliphatic rings. The summed E-state index contributed by atoms with van der Waals surface area (Å²) in [7, 11) is 1.63. The number of esters is 1. The fraction of sp³-hybridized carbons (Fsp3) is 0.238. The maximum absolute atomic E-state index is 11.9. The lowest BCUT2D eigenvalue weighted by molar-refractivity contribution is -0.147. The third-order valence-corrected chi connectivity index (χ3v) is 4.68. The lowest BCUT2D eigenvalue weighted by Crippen LogP contribution is -2.14. The number of ether oxygens (including phenoxy) is 4. The van der Waals surface area contributed by atoms with E-state index >= 15 is 0 Å². The zero-order chi connectivity index (χ0) is 19.8. The molecule has 0 bridgehead atoms. The van der Waals surface area contributed by atoms with E-state index in [1.807, 2.05) is 36.6 Å². The smallest absolute Gasteiger partial charge is 0.344 e. The molecule has 1 aromatic heterocycles. The van der Waals surface area contributed by atoms with Crippen molar-refractivity contribution < 1.29 is 23.7 Å². The first-order chi connectivity index (χ1) is 13.7. The van der Waals surface area contributed by atoms with Crippen LogP contribution < -0.4 is 14.2 Å². The first-order valence-electron chi connectivity index (χ1n) is 8.78. The van der Waals surface area contributed by atoms with Gasteiger partial charge in [0.05, 0.1) is 19.4 Å². The van der Waals surface area contributed by atoms with Crippen molar-refractivity contribution in [3.63, 3.8) is 0 Å². The molecule has 0 saturated carbocycles. The molecule has 0 amide bonds. The number of rotatable bonds is 9. The van der Waals surface area contributed by atoms with Crippen LogP contribution in [0.1, 0.15) is 12.6 Å². The summed E-state index contributed by atoms with van der Waals surface area (Å²) in [6.45, 7) is 2.46. The topological polar surface area (TPSA) is 66.9 Å². The standard InChI is InChI=1S/C21H21NO5S/c1-3-25-17-7-9-18(10-8-17)26-13-20(23)27-12-16-14-28-21(22-16)15-5-4-6-19(11-15)24-2/h4-11,14H,3,12-13H2,1-2H3. The maximum atomic E-state index is 11.9. The van der Waals surface area contributed by atoms with Crippen LogP contribution >= 0.6 is 11.3 Å². The monoisotopic (exact) mass is 399 g/mol. The summed E-state index contributed by atoms with van der Waals surface area (Å²) < 4.78 is 21.3. The summed E-state index contributed by atoms with van der Waals surface area (Å²) in [6.07, 6.45) is 0. The molecule has 0 atom stereocenters. The Hall–Kier alpha value is -3.06. The molecule has 0 N–H and O–H groups in total. The van der Waals surface area contributed by atoms with Crippen molar-refractivity contribution in [3.05, 3.63) is 59.6 Å². The van der Waals surface area contributed by atoms with Crippen molar-refractivity contribution in [2.75, 3.05) is 20.3 Å². The van der Waals surface area contributed by atoms with Gasteiger partial charge in [0.2, 0.25) is 0 Å². The van der Waals surface area contributed by atoms with E-state index in [0.717, 1.165) is 22.1 Å². The van der Waals surface area contributed by atoms with Gasteiger partial charge in [0.1, 0.15) is 28.9 Å². The summed E-state index contributed by atoms with van der Waals surface area (Å²) in [4.78, 5) is 16.4. The van der Waals surface area contributed by atoms with Crippen LogP contribution in [-0.4, -0.2) is 31.3 Å². The third kappa shape index (κ3) is 5.47. The Bertz CT molecular complexity index is 907. The predicted octanol–water partition coefficient (Wildman–Crippen LogP) is 4.34. The molecule has 0 saturated heterocycles. The first kappa shape index (κ1) is 19.7. The summed E-state index contributed by atoms with van der Waals surface area (Å²) in [6, 6.07) is 14.7. The minimum atomic E-state index is -0.454. The molecule has 1 heterocycles. The van der Waals surface area contributed by atoms with Gasteiger partial charge in [0.25, 0.3) is 0 Å². The van der Waals surface area contributed by atoms with Gasteiger partial charge in [0.15, 0.2) is 6.61 Å². The van der Waals surface area contributed by atoms with Gasteiger partial charge in [-0.3, -0.25) is 0 Å². The summed E-state index contributed by atoms with van der Waals surface area (Å²) in [5.74, 6) is 1.65. The third-order valence-electron chi connectivity index (χ3n) is 3.74. The average Bonchev–Trinajstić information content (AvgIpc) is 3.21. The van der Waals surface area contributed by atoms with E-state index in [4.69, 9.17) is 18.9 Å². The lowest BCUT2D eigenvalue weighted by Gasteiger charge is -2.07. The minimum absolute atomic E-state index is 0.103. The van der Waals surface area contributed by atoms with Gasteiger partial charge in [-0.2, -0.15) is 0 Å². The summed E-state index contributed by atoms with van der Waals surface area (Å²) >= 11 is 1.49. The normalized spacial score (nSPS) is 10.4. The number of aromatic nitrogens is 1. The fourth-order valence-corrected chi connectivity index (χ4v) is 3.20. The Morgan fingerprint density at radius 3 is 2.50 bits per heavy atom. The highest BCUT2D eigenvalue weighted by Gasteiger charge is 2.09. The van der Waals surface area contributed by atoms with Crippen molar-refractivity contribution >= 4 is 17.3 Å². The van der Waals surface area contributed by atoms with E-state index in [9.17, 15) is 4.79 Å². The molecule has 146 valence electrons. The molecule has 2 aromatic carbocycles. The van der Waals surface area contributed by atoms with Crippen LogP contribution in [0.4, 0.5) is 0 Å². The largest absolute Gasteiger partial charge is 0.497 e. The SMILES string of the molecule is CCOc1ccc(OCC(=O)OCc2csc(-c3cccc(OC)c3)n2)cc1. The number of hydrogen-bond acceptors (Lipinski definition) is 7. The molecule has 3 rings (SSSR count). The van der Waals surface area contributed by atoms with Gasteiger partial charge in [-0.15, -0.1) is 11.3 Å². The molecule has 0 aliphatic heterocycles. The number of hydrogen-bond donors (Lipinski definition) is 0. The quantitative estimate of drug-likeness (QED) is 0.499. The van der Waals surface area contributed by atoms with E-state index < -0.39 is 5.97 Å².